The third kappa shape index (κ3) is 6.77. The number of imidazole rings is 1. The van der Waals surface area contributed by atoms with Crippen LogP contribution in [0.15, 0.2) is 77.8 Å². The Kier molecular flexibility index (Phi) is 8.43. The summed E-state index contributed by atoms with van der Waals surface area (Å²) in [6.07, 6.45) is 5.72. The van der Waals surface area contributed by atoms with Crippen molar-refractivity contribution < 1.29 is 14.6 Å². The molecule has 0 unspecified atom stereocenters. The monoisotopic (exact) mass is 604 g/mol. The van der Waals surface area contributed by atoms with E-state index < -0.39 is 11.6 Å². The number of nitrogens with one attached hydrogen (secondary N) is 1. The molecule has 1 fully saturated rings. The van der Waals surface area contributed by atoms with Crippen molar-refractivity contribution >= 4 is 39.6 Å². The van der Waals surface area contributed by atoms with E-state index in [1.165, 1.54) is 19.3 Å². The predicted molar refractivity (Wildman–Crippen MR) is 181 cm³/mol. The van der Waals surface area contributed by atoms with Crippen LogP contribution in [0.5, 0.6) is 0 Å². The van der Waals surface area contributed by atoms with E-state index in [2.05, 4.69) is 45.2 Å². The lowest BCUT2D eigenvalue weighted by Crippen LogP contribution is -2.29. The van der Waals surface area contributed by atoms with Gasteiger partial charge in [0.2, 0.25) is 0 Å². The van der Waals surface area contributed by atoms with E-state index in [0.29, 0.717) is 24.6 Å². The summed E-state index contributed by atoms with van der Waals surface area (Å²) in [7, 11) is 0. The summed E-state index contributed by atoms with van der Waals surface area (Å²) in [5.41, 5.74) is 12.1. The van der Waals surface area contributed by atoms with Gasteiger partial charge in [-0.3, -0.25) is 0 Å². The van der Waals surface area contributed by atoms with Crippen molar-refractivity contribution in [2.45, 2.75) is 64.5 Å². The van der Waals surface area contributed by atoms with E-state index in [1.54, 1.807) is 12.1 Å². The molecule has 1 aliphatic rings. The van der Waals surface area contributed by atoms with Gasteiger partial charge in [-0.25, -0.2) is 19.8 Å². The number of ether oxygens (including phenoxy) is 1. The number of rotatable bonds is 8. The van der Waals surface area contributed by atoms with Gasteiger partial charge >= 0.3 is 5.97 Å². The van der Waals surface area contributed by atoms with Crippen LogP contribution in [0.2, 0.25) is 0 Å². The Balaban J connectivity index is 1.43. The highest BCUT2D eigenvalue weighted by molar-refractivity contribution is 5.97. The van der Waals surface area contributed by atoms with Crippen molar-refractivity contribution in [2.24, 2.45) is 10.7 Å². The van der Waals surface area contributed by atoms with Crippen LogP contribution in [0.3, 0.4) is 0 Å². The first-order valence-corrected chi connectivity index (χ1v) is 15.6. The number of nitrogens with two attached hydrogens (primary N) is 1. The number of carbonyl (C=O) groups is 1. The summed E-state index contributed by atoms with van der Waals surface area (Å²) in [6, 6.07) is 24.2. The molecule has 9 nitrogen and oxygen atoms in total. The lowest BCUT2D eigenvalue weighted by molar-refractivity contribution is 0.0697. The molecule has 0 radical (unpaired) electrons. The Hall–Kier alpha value is -4.92. The molecule has 0 bridgehead atoms. The van der Waals surface area contributed by atoms with Crippen LogP contribution >= 0.6 is 0 Å². The maximum Gasteiger partial charge on any atom is 0.335 e. The molecule has 6 rings (SSSR count). The van der Waals surface area contributed by atoms with Gasteiger partial charge in [-0.2, -0.15) is 0 Å². The zero-order valence-corrected chi connectivity index (χ0v) is 26.1. The van der Waals surface area contributed by atoms with Gasteiger partial charge < -0.3 is 25.5 Å². The maximum atomic E-state index is 11.8. The average Bonchev–Trinajstić information content (AvgIpc) is 3.41. The fraction of sp³-hybridized carbons (Fsp3) is 0.333. The summed E-state index contributed by atoms with van der Waals surface area (Å²) in [5.74, 6) is -0.112. The molecule has 0 amide bonds. The highest BCUT2D eigenvalue weighted by atomic mass is 16.5. The number of amidine groups is 1. The number of carboxylic acid groups (broad SMARTS) is 1. The van der Waals surface area contributed by atoms with Crippen LogP contribution in [-0.4, -0.2) is 50.3 Å². The van der Waals surface area contributed by atoms with Crippen molar-refractivity contribution in [3.63, 3.8) is 0 Å². The van der Waals surface area contributed by atoms with Crippen LogP contribution in [0.4, 0.5) is 5.69 Å². The number of fused-ring (bicyclic) bond motifs is 2. The maximum absolute atomic E-state index is 11.8. The molecule has 3 aromatic carbocycles. The summed E-state index contributed by atoms with van der Waals surface area (Å²) in [5, 5.41) is 14.2. The lowest BCUT2D eigenvalue weighted by atomic mass is 9.94. The van der Waals surface area contributed by atoms with E-state index >= 15 is 0 Å². The van der Waals surface area contributed by atoms with Gasteiger partial charge in [-0.05, 0) is 76.1 Å². The SMILES string of the molecule is CC(C)(C)OC(N)=NCCNc1cc(-c2ccccc2)nc2ccc(-c3nc4cc(C(=O)O)ccc4n3C3CCCCC3)cc12. The molecule has 5 aromatic rings. The zero-order valence-electron chi connectivity index (χ0n) is 26.1. The number of pyridine rings is 1. The minimum atomic E-state index is -0.955. The second-order valence-electron chi connectivity index (χ2n) is 12.6. The van der Waals surface area contributed by atoms with Crippen LogP contribution in [-0.2, 0) is 4.74 Å². The molecule has 9 heteroatoms. The van der Waals surface area contributed by atoms with Crippen molar-refractivity contribution in [3.8, 4) is 22.6 Å². The first kappa shape index (κ1) is 30.1. The van der Waals surface area contributed by atoms with Gasteiger partial charge in [0.25, 0.3) is 6.02 Å². The van der Waals surface area contributed by atoms with E-state index in [0.717, 1.165) is 57.6 Å². The topological polar surface area (TPSA) is 128 Å². The zero-order chi connectivity index (χ0) is 31.6. The third-order valence-electron chi connectivity index (χ3n) is 8.12. The van der Waals surface area contributed by atoms with E-state index in [-0.39, 0.29) is 11.6 Å². The van der Waals surface area contributed by atoms with Gasteiger partial charge in [-0.15, -0.1) is 0 Å². The summed E-state index contributed by atoms with van der Waals surface area (Å²) >= 11 is 0. The van der Waals surface area contributed by atoms with E-state index in [4.69, 9.17) is 20.4 Å². The summed E-state index contributed by atoms with van der Waals surface area (Å²) < 4.78 is 7.98. The van der Waals surface area contributed by atoms with E-state index in [9.17, 15) is 9.90 Å². The minimum absolute atomic E-state index is 0.170. The smallest absolute Gasteiger partial charge is 0.335 e. The Morgan fingerprint density at radius 2 is 1.76 bits per heavy atom. The number of aromatic carboxylic acids is 1. The van der Waals surface area contributed by atoms with Gasteiger partial charge in [-0.1, -0.05) is 49.6 Å². The number of hydrogen-bond acceptors (Lipinski definition) is 6. The Labute approximate surface area is 263 Å². The number of aliphatic imine (C=N–C) groups is 1. The normalized spacial score (nSPS) is 14.6. The molecule has 1 aliphatic carbocycles. The Morgan fingerprint density at radius 3 is 2.49 bits per heavy atom. The number of carboxylic acids is 1. The second kappa shape index (κ2) is 12.6. The van der Waals surface area contributed by atoms with Crippen LogP contribution in [0.25, 0.3) is 44.6 Å². The molecule has 0 aliphatic heterocycles. The van der Waals surface area contributed by atoms with Gasteiger partial charge in [0.1, 0.15) is 11.4 Å². The number of aromatic nitrogens is 3. The third-order valence-corrected chi connectivity index (χ3v) is 8.12. The summed E-state index contributed by atoms with van der Waals surface area (Å²) in [6.45, 7) is 6.80. The fourth-order valence-corrected chi connectivity index (χ4v) is 6.11. The molecule has 0 atom stereocenters. The highest BCUT2D eigenvalue weighted by Gasteiger charge is 2.23. The summed E-state index contributed by atoms with van der Waals surface area (Å²) in [4.78, 5) is 26.2. The second-order valence-corrected chi connectivity index (χ2v) is 12.6. The number of benzene rings is 3. The Morgan fingerprint density at radius 1 is 0.978 bits per heavy atom. The fourth-order valence-electron chi connectivity index (χ4n) is 6.11. The molecule has 2 aromatic heterocycles. The molecule has 2 heterocycles. The predicted octanol–water partition coefficient (Wildman–Crippen LogP) is 7.66. The van der Waals surface area contributed by atoms with Crippen LogP contribution in [0.1, 0.15) is 69.3 Å². The number of hydrogen-bond donors (Lipinski definition) is 3. The van der Waals surface area contributed by atoms with E-state index in [1.807, 2.05) is 51.1 Å². The van der Waals surface area contributed by atoms with Crippen molar-refractivity contribution in [1.29, 1.82) is 0 Å². The average molecular weight is 605 g/mol. The van der Waals surface area contributed by atoms with Crippen molar-refractivity contribution in [3.05, 3.63) is 78.4 Å². The standard InChI is InChI=1S/C36H40N6O3/c1-36(2,3)45-35(37)39-19-18-38-30-22-29(23-10-6-4-7-11-23)40-28-16-14-24(20-27(28)30)33-41-31-21-25(34(43)44)15-17-32(31)42(33)26-12-8-5-9-13-26/h4,6-7,10-11,14-17,20-22,26H,5,8-9,12-13,18-19H2,1-3H3,(H2,37,39)(H,38,40)(H,43,44). The van der Waals surface area contributed by atoms with Gasteiger partial charge in [0.15, 0.2) is 0 Å². The molecule has 0 saturated heterocycles. The molecule has 4 N–H and O–H groups in total. The lowest BCUT2D eigenvalue weighted by Gasteiger charge is -2.26. The molecular formula is C36H40N6O3. The number of anilines is 1. The number of nitrogens with zero attached hydrogens (tertiary/aromatic N) is 4. The minimum Gasteiger partial charge on any atom is -0.478 e. The Bertz CT molecular complexity index is 1870. The van der Waals surface area contributed by atoms with Crippen LogP contribution < -0.4 is 11.1 Å². The van der Waals surface area contributed by atoms with Crippen molar-refractivity contribution in [1.82, 2.24) is 14.5 Å². The van der Waals surface area contributed by atoms with Crippen molar-refractivity contribution in [2.75, 3.05) is 18.4 Å². The molecular weight excluding hydrogens is 564 g/mol. The quantitative estimate of drug-likeness (QED) is 0.0942. The molecule has 232 valence electrons. The highest BCUT2D eigenvalue weighted by Crippen LogP contribution is 2.38. The largest absolute Gasteiger partial charge is 0.478 e. The molecule has 0 spiro atoms. The molecule has 1 saturated carbocycles. The van der Waals surface area contributed by atoms with Gasteiger partial charge in [0, 0.05) is 34.8 Å². The van der Waals surface area contributed by atoms with Crippen LogP contribution in [0, 0.1) is 0 Å². The molecule has 45 heavy (non-hydrogen) atoms. The first-order chi connectivity index (χ1) is 21.7. The van der Waals surface area contributed by atoms with Gasteiger partial charge in [0.05, 0.1) is 34.4 Å². The first-order valence-electron chi connectivity index (χ1n) is 15.6.